The number of fused-ring (bicyclic) bond motifs is 1. The van der Waals surface area contributed by atoms with Crippen LogP contribution in [-0.4, -0.2) is 18.6 Å². The third-order valence-corrected chi connectivity index (χ3v) is 4.87. The maximum atomic E-state index is 11.4. The fraction of sp³-hybridized carbons (Fsp3) is 0.588. The maximum absolute atomic E-state index is 11.4. The number of halogens is 1. The van der Waals surface area contributed by atoms with E-state index in [1.165, 1.54) is 24.8 Å². The summed E-state index contributed by atoms with van der Waals surface area (Å²) < 4.78 is 5.76. The van der Waals surface area contributed by atoms with E-state index >= 15 is 0 Å². The van der Waals surface area contributed by atoms with Gasteiger partial charge in [-0.05, 0) is 55.7 Å². The topological polar surface area (TPSA) is 38.3 Å². The molecule has 114 valence electrons. The highest BCUT2D eigenvalue weighted by Gasteiger charge is 2.19. The van der Waals surface area contributed by atoms with Crippen LogP contribution < -0.4 is 5.32 Å². The van der Waals surface area contributed by atoms with Crippen LogP contribution >= 0.6 is 11.6 Å². The molecule has 2 heterocycles. The Kier molecular flexibility index (Phi) is 4.81. The molecule has 0 saturated carbocycles. The fourth-order valence-corrected chi connectivity index (χ4v) is 3.39. The molecule has 0 aliphatic carbocycles. The minimum absolute atomic E-state index is 0.0263. The first-order valence-corrected chi connectivity index (χ1v) is 8.34. The molecule has 3 rings (SSSR count). The van der Waals surface area contributed by atoms with Gasteiger partial charge in [0.05, 0.1) is 11.5 Å². The van der Waals surface area contributed by atoms with Gasteiger partial charge in [0.1, 0.15) is 0 Å². The number of aryl methyl sites for hydroxylation is 1. The third-order valence-electron chi connectivity index (χ3n) is 4.40. The lowest BCUT2D eigenvalue weighted by atomic mass is 9.96. The summed E-state index contributed by atoms with van der Waals surface area (Å²) in [5, 5.41) is 2.93. The first-order valence-electron chi connectivity index (χ1n) is 7.91. The number of benzene rings is 1. The van der Waals surface area contributed by atoms with E-state index in [0.717, 1.165) is 37.1 Å². The van der Waals surface area contributed by atoms with Gasteiger partial charge < -0.3 is 10.1 Å². The Bertz CT molecular complexity index is 512. The van der Waals surface area contributed by atoms with E-state index in [4.69, 9.17) is 16.3 Å². The molecule has 1 fully saturated rings. The number of rotatable bonds is 4. The van der Waals surface area contributed by atoms with Gasteiger partial charge in [0, 0.05) is 18.7 Å². The number of ether oxygens (including phenoxy) is 1. The molecule has 0 aromatic heterocycles. The van der Waals surface area contributed by atoms with Crippen molar-refractivity contribution in [2.24, 2.45) is 0 Å². The molecule has 1 saturated heterocycles. The molecule has 1 N–H and O–H groups in total. The SMILES string of the molecule is O=C1CCc2cc(C(Cl)CCC3CCCCO3)ccc2N1. The van der Waals surface area contributed by atoms with Crippen molar-refractivity contribution in [2.45, 2.75) is 56.4 Å². The molecule has 1 aromatic carbocycles. The lowest BCUT2D eigenvalue weighted by Gasteiger charge is -2.24. The van der Waals surface area contributed by atoms with E-state index in [1.54, 1.807) is 0 Å². The van der Waals surface area contributed by atoms with Crippen molar-refractivity contribution in [2.75, 3.05) is 11.9 Å². The minimum Gasteiger partial charge on any atom is -0.378 e. The second-order valence-electron chi connectivity index (χ2n) is 6.00. The molecular formula is C17H22ClNO2. The van der Waals surface area contributed by atoms with Crippen LogP contribution in [0.1, 0.15) is 55.0 Å². The van der Waals surface area contributed by atoms with Gasteiger partial charge in [-0.2, -0.15) is 0 Å². The molecule has 4 heteroatoms. The summed E-state index contributed by atoms with van der Waals surface area (Å²) in [7, 11) is 0. The molecule has 0 bridgehead atoms. The lowest BCUT2D eigenvalue weighted by molar-refractivity contribution is -0.116. The average molecular weight is 308 g/mol. The standard InChI is InChI=1S/C17H22ClNO2/c18-15(7-6-14-3-1-2-10-21-14)12-4-8-16-13(11-12)5-9-17(20)19-16/h4,8,11,14-15H,1-3,5-7,9-10H2,(H,19,20). The van der Waals surface area contributed by atoms with Crippen molar-refractivity contribution in [1.29, 1.82) is 0 Å². The number of nitrogens with one attached hydrogen (secondary N) is 1. The average Bonchev–Trinajstić information content (AvgIpc) is 2.53. The number of hydrogen-bond acceptors (Lipinski definition) is 2. The zero-order chi connectivity index (χ0) is 14.7. The molecule has 2 atom stereocenters. The summed E-state index contributed by atoms with van der Waals surface area (Å²) in [6, 6.07) is 6.16. The Morgan fingerprint density at radius 3 is 3.05 bits per heavy atom. The van der Waals surface area contributed by atoms with Gasteiger partial charge in [-0.15, -0.1) is 11.6 Å². The van der Waals surface area contributed by atoms with Gasteiger partial charge in [0.2, 0.25) is 5.91 Å². The second kappa shape index (κ2) is 6.80. The van der Waals surface area contributed by atoms with Crippen LogP contribution in [0.5, 0.6) is 0 Å². The summed E-state index contributed by atoms with van der Waals surface area (Å²) >= 11 is 6.55. The summed E-state index contributed by atoms with van der Waals surface area (Å²) in [5.41, 5.74) is 3.29. The normalized spacial score (nSPS) is 23.3. The van der Waals surface area contributed by atoms with Crippen LogP contribution in [-0.2, 0) is 16.0 Å². The smallest absolute Gasteiger partial charge is 0.224 e. The summed E-state index contributed by atoms with van der Waals surface area (Å²) in [6.07, 6.45) is 7.37. The summed E-state index contributed by atoms with van der Waals surface area (Å²) in [5.74, 6) is 0.104. The van der Waals surface area contributed by atoms with E-state index in [1.807, 2.05) is 12.1 Å². The predicted octanol–water partition coefficient (Wildman–Crippen LogP) is 4.20. The van der Waals surface area contributed by atoms with Crippen LogP contribution in [0.3, 0.4) is 0 Å². The third kappa shape index (κ3) is 3.78. The number of alkyl halides is 1. The van der Waals surface area contributed by atoms with Crippen LogP contribution in [0.25, 0.3) is 0 Å². The minimum atomic E-state index is 0.0263. The van der Waals surface area contributed by atoms with Crippen LogP contribution in [0.2, 0.25) is 0 Å². The molecule has 0 radical (unpaired) electrons. The summed E-state index contributed by atoms with van der Waals surface area (Å²) in [6.45, 7) is 0.899. The summed E-state index contributed by atoms with van der Waals surface area (Å²) in [4.78, 5) is 11.4. The highest BCUT2D eigenvalue weighted by atomic mass is 35.5. The van der Waals surface area contributed by atoms with Gasteiger partial charge in [-0.3, -0.25) is 4.79 Å². The van der Waals surface area contributed by atoms with E-state index < -0.39 is 0 Å². The van der Waals surface area contributed by atoms with E-state index in [-0.39, 0.29) is 11.3 Å². The van der Waals surface area contributed by atoms with Crippen molar-refractivity contribution >= 4 is 23.2 Å². The second-order valence-corrected chi connectivity index (χ2v) is 6.53. The van der Waals surface area contributed by atoms with Crippen LogP contribution in [0, 0.1) is 0 Å². The zero-order valence-electron chi connectivity index (χ0n) is 12.2. The molecule has 21 heavy (non-hydrogen) atoms. The zero-order valence-corrected chi connectivity index (χ0v) is 13.0. The van der Waals surface area contributed by atoms with E-state index in [2.05, 4.69) is 11.4 Å². The first-order chi connectivity index (χ1) is 10.2. The number of carbonyl (C=O) groups excluding carboxylic acids is 1. The van der Waals surface area contributed by atoms with Gasteiger partial charge in [0.25, 0.3) is 0 Å². The Labute approximate surface area is 131 Å². The highest BCUT2D eigenvalue weighted by molar-refractivity contribution is 6.20. The van der Waals surface area contributed by atoms with Crippen molar-refractivity contribution in [3.8, 4) is 0 Å². The van der Waals surface area contributed by atoms with Gasteiger partial charge in [-0.25, -0.2) is 0 Å². The maximum Gasteiger partial charge on any atom is 0.224 e. The molecule has 2 aliphatic rings. The van der Waals surface area contributed by atoms with E-state index in [9.17, 15) is 4.79 Å². The Balaban J connectivity index is 1.59. The Hall–Kier alpha value is -1.06. The highest BCUT2D eigenvalue weighted by Crippen LogP contribution is 2.32. The van der Waals surface area contributed by atoms with Crippen molar-refractivity contribution in [3.05, 3.63) is 29.3 Å². The molecule has 2 aliphatic heterocycles. The Morgan fingerprint density at radius 2 is 2.24 bits per heavy atom. The molecule has 3 nitrogen and oxygen atoms in total. The quantitative estimate of drug-likeness (QED) is 0.847. The number of hydrogen-bond donors (Lipinski definition) is 1. The molecule has 1 amide bonds. The van der Waals surface area contributed by atoms with Gasteiger partial charge >= 0.3 is 0 Å². The fourth-order valence-electron chi connectivity index (χ4n) is 3.13. The van der Waals surface area contributed by atoms with Crippen molar-refractivity contribution < 1.29 is 9.53 Å². The first kappa shape index (κ1) is 14.9. The number of carbonyl (C=O) groups is 1. The van der Waals surface area contributed by atoms with Crippen molar-refractivity contribution in [3.63, 3.8) is 0 Å². The Morgan fingerprint density at radius 1 is 1.33 bits per heavy atom. The molecule has 2 unspecified atom stereocenters. The number of amides is 1. The van der Waals surface area contributed by atoms with Crippen LogP contribution in [0.4, 0.5) is 5.69 Å². The van der Waals surface area contributed by atoms with Crippen LogP contribution in [0.15, 0.2) is 18.2 Å². The van der Waals surface area contributed by atoms with E-state index in [0.29, 0.717) is 12.5 Å². The molecule has 0 spiro atoms. The van der Waals surface area contributed by atoms with Gasteiger partial charge in [-0.1, -0.05) is 12.1 Å². The lowest BCUT2D eigenvalue weighted by Crippen LogP contribution is -2.20. The number of anilines is 1. The largest absolute Gasteiger partial charge is 0.378 e. The molecule has 1 aromatic rings. The predicted molar refractivity (Wildman–Crippen MR) is 84.8 cm³/mol. The molecular weight excluding hydrogens is 286 g/mol. The monoisotopic (exact) mass is 307 g/mol. The van der Waals surface area contributed by atoms with Crippen molar-refractivity contribution in [1.82, 2.24) is 0 Å². The van der Waals surface area contributed by atoms with Gasteiger partial charge in [0.15, 0.2) is 0 Å².